The zero-order chi connectivity index (χ0) is 17.7. The van der Waals surface area contributed by atoms with Gasteiger partial charge in [-0.15, -0.1) is 0 Å². The molecule has 23 heavy (non-hydrogen) atoms. The van der Waals surface area contributed by atoms with Gasteiger partial charge in [-0.3, -0.25) is 9.59 Å². The predicted molar refractivity (Wildman–Crippen MR) is 86.7 cm³/mol. The van der Waals surface area contributed by atoms with Crippen LogP contribution in [0.15, 0.2) is 0 Å². The van der Waals surface area contributed by atoms with Crippen LogP contribution in [0, 0.1) is 22.7 Å². The molecule has 0 radical (unpaired) electrons. The van der Waals surface area contributed by atoms with Crippen molar-refractivity contribution in [2.75, 3.05) is 13.2 Å². The Hall–Kier alpha value is -1.39. The van der Waals surface area contributed by atoms with Gasteiger partial charge in [-0.25, -0.2) is 0 Å². The standard InChI is InChI=1S/C18H30O5/c1-6-22-15(20)18(16(21)23-7-2)10-9-17(4,5)14(12-18)13(3)8-11-19/h11,13-14H,6-10,12H2,1-5H3/t13-,14-/m1/s1. The molecule has 0 unspecified atom stereocenters. The van der Waals surface area contributed by atoms with Crippen LogP contribution >= 0.6 is 0 Å². The third-order valence-electron chi connectivity index (χ3n) is 5.26. The molecule has 1 saturated carbocycles. The van der Waals surface area contributed by atoms with Crippen molar-refractivity contribution in [3.8, 4) is 0 Å². The molecule has 5 heteroatoms. The van der Waals surface area contributed by atoms with Gasteiger partial charge in [-0.2, -0.15) is 0 Å². The summed E-state index contributed by atoms with van der Waals surface area (Å²) < 4.78 is 10.4. The number of hydrogen-bond donors (Lipinski definition) is 0. The number of rotatable bonds is 7. The summed E-state index contributed by atoms with van der Waals surface area (Å²) in [5, 5.41) is 0. The average molecular weight is 326 g/mol. The van der Waals surface area contributed by atoms with Crippen molar-refractivity contribution in [3.63, 3.8) is 0 Å². The van der Waals surface area contributed by atoms with E-state index in [4.69, 9.17) is 9.47 Å². The first-order valence-electron chi connectivity index (χ1n) is 8.53. The van der Waals surface area contributed by atoms with Gasteiger partial charge in [0.15, 0.2) is 5.41 Å². The summed E-state index contributed by atoms with van der Waals surface area (Å²) in [7, 11) is 0. The Morgan fingerprint density at radius 1 is 1.13 bits per heavy atom. The lowest BCUT2D eigenvalue weighted by Crippen LogP contribution is -2.51. The second-order valence-electron chi connectivity index (χ2n) is 7.20. The van der Waals surface area contributed by atoms with Crippen LogP contribution in [-0.4, -0.2) is 31.4 Å². The number of carbonyl (C=O) groups excluding carboxylic acids is 3. The summed E-state index contributed by atoms with van der Waals surface area (Å²) >= 11 is 0. The molecule has 5 nitrogen and oxygen atoms in total. The van der Waals surface area contributed by atoms with Crippen molar-refractivity contribution in [1.29, 1.82) is 0 Å². The van der Waals surface area contributed by atoms with E-state index in [0.717, 1.165) is 12.7 Å². The first-order chi connectivity index (χ1) is 10.7. The fraction of sp³-hybridized carbons (Fsp3) is 0.833. The summed E-state index contributed by atoms with van der Waals surface area (Å²) in [5.41, 5.74) is -1.27. The number of hydrogen-bond acceptors (Lipinski definition) is 5. The van der Waals surface area contributed by atoms with Gasteiger partial charge in [-0.05, 0) is 50.4 Å². The van der Waals surface area contributed by atoms with Crippen molar-refractivity contribution in [3.05, 3.63) is 0 Å². The molecule has 0 aliphatic heterocycles. The van der Waals surface area contributed by atoms with Crippen LogP contribution < -0.4 is 0 Å². The van der Waals surface area contributed by atoms with E-state index in [0.29, 0.717) is 19.3 Å². The summed E-state index contributed by atoms with van der Waals surface area (Å²) in [4.78, 5) is 36.1. The summed E-state index contributed by atoms with van der Waals surface area (Å²) in [6.45, 7) is 10.2. The fourth-order valence-corrected chi connectivity index (χ4v) is 3.75. The molecular weight excluding hydrogens is 296 g/mol. The van der Waals surface area contributed by atoms with E-state index in [1.807, 2.05) is 6.92 Å². The molecule has 1 fully saturated rings. The SMILES string of the molecule is CCOC(=O)C1(C(=O)OCC)CCC(C)(C)[C@@H]([C@H](C)CC=O)C1. The molecule has 2 atom stereocenters. The first kappa shape index (κ1) is 19.7. The molecule has 0 spiro atoms. The molecular formula is C18H30O5. The van der Waals surface area contributed by atoms with Gasteiger partial charge in [0.1, 0.15) is 6.29 Å². The maximum Gasteiger partial charge on any atom is 0.323 e. The molecule has 0 heterocycles. The van der Waals surface area contributed by atoms with E-state index >= 15 is 0 Å². The first-order valence-corrected chi connectivity index (χ1v) is 8.53. The highest BCUT2D eigenvalue weighted by Crippen LogP contribution is 2.53. The molecule has 0 bridgehead atoms. The zero-order valence-corrected chi connectivity index (χ0v) is 15.0. The van der Waals surface area contributed by atoms with Gasteiger partial charge in [0.2, 0.25) is 0 Å². The summed E-state index contributed by atoms with van der Waals surface area (Å²) in [5.74, 6) is -0.796. The maximum atomic E-state index is 12.6. The van der Waals surface area contributed by atoms with E-state index in [-0.39, 0.29) is 30.5 Å². The lowest BCUT2D eigenvalue weighted by molar-refractivity contribution is -0.180. The smallest absolute Gasteiger partial charge is 0.323 e. The topological polar surface area (TPSA) is 69.7 Å². The van der Waals surface area contributed by atoms with Crippen LogP contribution in [0.5, 0.6) is 0 Å². The fourth-order valence-electron chi connectivity index (χ4n) is 3.75. The minimum absolute atomic E-state index is 0.0368. The number of aldehydes is 1. The Kier molecular flexibility index (Phi) is 6.78. The third-order valence-corrected chi connectivity index (χ3v) is 5.26. The average Bonchev–Trinajstić information content (AvgIpc) is 2.47. The van der Waals surface area contributed by atoms with Crippen molar-refractivity contribution in [2.24, 2.45) is 22.7 Å². The Morgan fingerprint density at radius 3 is 2.09 bits per heavy atom. The number of carbonyl (C=O) groups is 3. The van der Waals surface area contributed by atoms with Crippen molar-refractivity contribution in [1.82, 2.24) is 0 Å². The highest BCUT2D eigenvalue weighted by atomic mass is 16.6. The largest absolute Gasteiger partial charge is 0.465 e. The molecule has 0 amide bonds. The van der Waals surface area contributed by atoms with E-state index < -0.39 is 17.4 Å². The Bertz CT molecular complexity index is 423. The summed E-state index contributed by atoms with van der Waals surface area (Å²) in [6, 6.07) is 0. The van der Waals surface area contributed by atoms with Gasteiger partial charge in [0, 0.05) is 6.42 Å². The third kappa shape index (κ3) is 4.12. The van der Waals surface area contributed by atoms with Crippen molar-refractivity contribution >= 4 is 18.2 Å². The van der Waals surface area contributed by atoms with Gasteiger partial charge in [0.05, 0.1) is 13.2 Å². The molecule has 1 rings (SSSR count). The molecule has 0 N–H and O–H groups in total. The Balaban J connectivity index is 3.18. The van der Waals surface area contributed by atoms with Crippen molar-refractivity contribution in [2.45, 2.75) is 60.3 Å². The molecule has 0 aromatic carbocycles. The van der Waals surface area contributed by atoms with Crippen LogP contribution in [0.3, 0.4) is 0 Å². The molecule has 0 aromatic heterocycles. The van der Waals surface area contributed by atoms with Gasteiger partial charge in [0.25, 0.3) is 0 Å². The monoisotopic (exact) mass is 326 g/mol. The lowest BCUT2D eigenvalue weighted by atomic mass is 9.56. The number of ether oxygens (including phenoxy) is 2. The van der Waals surface area contributed by atoms with Crippen LogP contribution in [-0.2, 0) is 23.9 Å². The normalized spacial score (nSPS) is 23.6. The van der Waals surface area contributed by atoms with Crippen LogP contribution in [0.1, 0.15) is 60.3 Å². The molecule has 0 aromatic rings. The predicted octanol–water partition coefficient (Wildman–Crippen LogP) is 3.15. The lowest BCUT2D eigenvalue weighted by Gasteiger charge is -2.48. The Morgan fingerprint density at radius 2 is 1.65 bits per heavy atom. The Labute approximate surface area is 139 Å². The van der Waals surface area contributed by atoms with Crippen LogP contribution in [0.4, 0.5) is 0 Å². The molecule has 1 aliphatic rings. The van der Waals surface area contributed by atoms with E-state index in [1.54, 1.807) is 13.8 Å². The highest BCUT2D eigenvalue weighted by Gasteiger charge is 2.56. The van der Waals surface area contributed by atoms with E-state index in [2.05, 4.69) is 13.8 Å². The highest BCUT2D eigenvalue weighted by molar-refractivity contribution is 6.00. The maximum absolute atomic E-state index is 12.6. The van der Waals surface area contributed by atoms with Gasteiger partial charge >= 0.3 is 11.9 Å². The second-order valence-corrected chi connectivity index (χ2v) is 7.20. The van der Waals surface area contributed by atoms with Gasteiger partial charge in [-0.1, -0.05) is 20.8 Å². The van der Waals surface area contributed by atoms with Gasteiger partial charge < -0.3 is 14.3 Å². The summed E-state index contributed by atoms with van der Waals surface area (Å²) in [6.07, 6.45) is 2.87. The molecule has 1 aliphatic carbocycles. The number of esters is 2. The quantitative estimate of drug-likeness (QED) is 0.408. The van der Waals surface area contributed by atoms with E-state index in [1.165, 1.54) is 0 Å². The minimum Gasteiger partial charge on any atom is -0.465 e. The van der Waals surface area contributed by atoms with Crippen LogP contribution in [0.2, 0.25) is 0 Å². The van der Waals surface area contributed by atoms with E-state index in [9.17, 15) is 14.4 Å². The van der Waals surface area contributed by atoms with Crippen LogP contribution in [0.25, 0.3) is 0 Å². The second kappa shape index (κ2) is 7.93. The molecule has 0 saturated heterocycles. The molecule has 132 valence electrons. The zero-order valence-electron chi connectivity index (χ0n) is 15.0. The van der Waals surface area contributed by atoms with Crippen molar-refractivity contribution < 1.29 is 23.9 Å². The minimum atomic E-state index is -1.23.